The number of hydrogen-bond donors (Lipinski definition) is 0. The minimum Gasteiger partial charge on any atom is -0.545 e. The van der Waals surface area contributed by atoms with Crippen LogP contribution in [0.4, 0.5) is 0 Å². The molecule has 0 amide bonds. The van der Waals surface area contributed by atoms with Crippen molar-refractivity contribution in [3.8, 4) is 5.75 Å². The van der Waals surface area contributed by atoms with Crippen LogP contribution in [0.3, 0.4) is 0 Å². The average molecular weight is 230 g/mol. The van der Waals surface area contributed by atoms with Crippen LogP contribution in [0.1, 0.15) is 10.4 Å². The fourth-order valence-electron chi connectivity index (χ4n) is 0.873. The smallest absolute Gasteiger partial charge is 0.129 e. The Balaban J connectivity index is 3.29. The third-order valence-corrected chi connectivity index (χ3v) is 2.06. The summed E-state index contributed by atoms with van der Waals surface area (Å²) in [5.41, 5.74) is 0.0417. The highest BCUT2D eigenvalue weighted by Crippen LogP contribution is 2.25. The molecule has 3 nitrogen and oxygen atoms in total. The summed E-state index contributed by atoms with van der Waals surface area (Å²) >= 11 is 3.09. The first-order valence-corrected chi connectivity index (χ1v) is 4.00. The maximum absolute atomic E-state index is 10.6. The molecule has 0 aliphatic carbocycles. The van der Waals surface area contributed by atoms with Gasteiger partial charge in [0.15, 0.2) is 0 Å². The zero-order chi connectivity index (χ0) is 9.14. The summed E-state index contributed by atoms with van der Waals surface area (Å²) in [5, 5.41) is 10.6. The van der Waals surface area contributed by atoms with E-state index in [-0.39, 0.29) is 5.56 Å². The van der Waals surface area contributed by atoms with E-state index >= 15 is 0 Å². The molecule has 0 unspecified atom stereocenters. The molecule has 64 valence electrons. The van der Waals surface area contributed by atoms with Crippen molar-refractivity contribution in [3.05, 3.63) is 28.2 Å². The zero-order valence-electron chi connectivity index (χ0n) is 6.33. The van der Waals surface area contributed by atoms with Gasteiger partial charge in [-0.05, 0) is 28.1 Å². The van der Waals surface area contributed by atoms with Crippen LogP contribution in [0, 0.1) is 0 Å². The molecule has 1 rings (SSSR count). The van der Waals surface area contributed by atoms with Gasteiger partial charge >= 0.3 is 0 Å². The van der Waals surface area contributed by atoms with Crippen LogP contribution < -0.4 is 9.84 Å². The van der Waals surface area contributed by atoms with Crippen LogP contribution in [0.25, 0.3) is 0 Å². The van der Waals surface area contributed by atoms with Crippen LogP contribution in [0.15, 0.2) is 22.7 Å². The molecule has 0 radical (unpaired) electrons. The van der Waals surface area contributed by atoms with Crippen LogP contribution in [-0.4, -0.2) is 13.1 Å². The number of hydrogen-bond acceptors (Lipinski definition) is 3. The Morgan fingerprint density at radius 3 is 2.67 bits per heavy atom. The standard InChI is InChI=1S/C8H7BrO3/c1-12-6-4-2-3-5(9)7(6)8(10)11/h2-4H,1H3,(H,10,11)/p-1. The van der Waals surface area contributed by atoms with Gasteiger partial charge in [0.2, 0.25) is 0 Å². The molecular weight excluding hydrogens is 224 g/mol. The Hall–Kier alpha value is -1.03. The molecule has 1 aromatic rings. The number of carbonyl (C=O) groups is 1. The predicted molar refractivity (Wildman–Crippen MR) is 45.0 cm³/mol. The summed E-state index contributed by atoms with van der Waals surface area (Å²) in [5.74, 6) is -0.955. The van der Waals surface area contributed by atoms with Crippen molar-refractivity contribution in [2.75, 3.05) is 7.11 Å². The van der Waals surface area contributed by atoms with Gasteiger partial charge in [-0.15, -0.1) is 0 Å². The highest BCUT2D eigenvalue weighted by atomic mass is 79.9. The normalized spacial score (nSPS) is 9.50. The van der Waals surface area contributed by atoms with Gasteiger partial charge in [0.1, 0.15) is 5.75 Å². The zero-order valence-corrected chi connectivity index (χ0v) is 7.92. The van der Waals surface area contributed by atoms with Crippen molar-refractivity contribution in [2.45, 2.75) is 0 Å². The van der Waals surface area contributed by atoms with Crippen molar-refractivity contribution in [1.82, 2.24) is 0 Å². The summed E-state index contributed by atoms with van der Waals surface area (Å²) in [6.45, 7) is 0. The van der Waals surface area contributed by atoms with Gasteiger partial charge in [-0.25, -0.2) is 0 Å². The molecule has 0 aromatic heterocycles. The topological polar surface area (TPSA) is 49.4 Å². The number of carboxylic acids is 1. The molecule has 4 heteroatoms. The van der Waals surface area contributed by atoms with E-state index in [9.17, 15) is 9.90 Å². The Morgan fingerprint density at radius 2 is 2.25 bits per heavy atom. The average Bonchev–Trinajstić information content (AvgIpc) is 2.03. The van der Waals surface area contributed by atoms with Crippen molar-refractivity contribution < 1.29 is 14.6 Å². The number of halogens is 1. The summed E-state index contributed by atoms with van der Waals surface area (Å²) in [6, 6.07) is 4.87. The predicted octanol–water partition coefficient (Wildman–Crippen LogP) is 0.821. The molecule has 0 aliphatic rings. The van der Waals surface area contributed by atoms with Crippen molar-refractivity contribution in [1.29, 1.82) is 0 Å². The van der Waals surface area contributed by atoms with Gasteiger partial charge < -0.3 is 14.6 Å². The first-order valence-electron chi connectivity index (χ1n) is 3.20. The van der Waals surface area contributed by atoms with E-state index in [1.807, 2.05) is 0 Å². The summed E-state index contributed by atoms with van der Waals surface area (Å²) in [7, 11) is 1.41. The van der Waals surface area contributed by atoms with E-state index in [2.05, 4.69) is 15.9 Å². The SMILES string of the molecule is COc1cccc(Br)c1C(=O)[O-]. The lowest BCUT2D eigenvalue weighted by Gasteiger charge is -2.10. The van der Waals surface area contributed by atoms with E-state index in [1.165, 1.54) is 7.11 Å². The van der Waals surface area contributed by atoms with Crippen molar-refractivity contribution in [3.63, 3.8) is 0 Å². The molecule has 0 heterocycles. The van der Waals surface area contributed by atoms with Crippen molar-refractivity contribution >= 4 is 21.9 Å². The Labute approximate surface area is 78.1 Å². The van der Waals surface area contributed by atoms with E-state index in [0.717, 1.165) is 0 Å². The van der Waals surface area contributed by atoms with E-state index in [0.29, 0.717) is 10.2 Å². The monoisotopic (exact) mass is 229 g/mol. The van der Waals surface area contributed by atoms with E-state index in [1.54, 1.807) is 18.2 Å². The van der Waals surface area contributed by atoms with Gasteiger partial charge in [-0.2, -0.15) is 0 Å². The summed E-state index contributed by atoms with van der Waals surface area (Å²) < 4.78 is 5.30. The Morgan fingerprint density at radius 1 is 1.58 bits per heavy atom. The first-order chi connectivity index (χ1) is 5.66. The fourth-order valence-corrected chi connectivity index (χ4v) is 1.38. The minimum absolute atomic E-state index is 0.0417. The summed E-state index contributed by atoms with van der Waals surface area (Å²) in [4.78, 5) is 10.6. The maximum atomic E-state index is 10.6. The first kappa shape index (κ1) is 9.06. The number of aromatic carboxylic acids is 1. The Bertz CT molecular complexity index is 309. The molecule has 0 fully saturated rings. The third-order valence-electron chi connectivity index (χ3n) is 1.40. The molecule has 0 aliphatic heterocycles. The van der Waals surface area contributed by atoms with Crippen molar-refractivity contribution in [2.24, 2.45) is 0 Å². The van der Waals surface area contributed by atoms with Gasteiger partial charge in [-0.3, -0.25) is 0 Å². The minimum atomic E-state index is -1.25. The largest absolute Gasteiger partial charge is 0.545 e. The lowest BCUT2D eigenvalue weighted by atomic mass is 10.2. The van der Waals surface area contributed by atoms with Gasteiger partial charge in [0, 0.05) is 4.47 Å². The summed E-state index contributed by atoms with van der Waals surface area (Å²) in [6.07, 6.45) is 0. The number of carbonyl (C=O) groups excluding carboxylic acids is 1. The van der Waals surface area contributed by atoms with Crippen LogP contribution >= 0.6 is 15.9 Å². The van der Waals surface area contributed by atoms with E-state index < -0.39 is 5.97 Å². The molecule has 1 aromatic carbocycles. The quantitative estimate of drug-likeness (QED) is 0.755. The molecule has 0 spiro atoms. The second-order valence-electron chi connectivity index (χ2n) is 2.10. The third kappa shape index (κ3) is 1.58. The fraction of sp³-hybridized carbons (Fsp3) is 0.125. The van der Waals surface area contributed by atoms with Crippen LogP contribution in [0.5, 0.6) is 5.75 Å². The number of rotatable bonds is 2. The van der Waals surface area contributed by atoms with Gasteiger partial charge in [0.05, 0.1) is 18.6 Å². The van der Waals surface area contributed by atoms with Gasteiger partial charge in [0.25, 0.3) is 0 Å². The molecule has 0 N–H and O–H groups in total. The molecule has 12 heavy (non-hydrogen) atoms. The van der Waals surface area contributed by atoms with Crippen LogP contribution in [-0.2, 0) is 0 Å². The number of carboxylic acid groups (broad SMARTS) is 1. The molecule has 0 saturated heterocycles. The lowest BCUT2D eigenvalue weighted by molar-refractivity contribution is -0.255. The lowest BCUT2D eigenvalue weighted by Crippen LogP contribution is -2.23. The molecule has 0 bridgehead atoms. The Kier molecular flexibility index (Phi) is 2.70. The maximum Gasteiger partial charge on any atom is 0.129 e. The molecule has 0 atom stereocenters. The second kappa shape index (κ2) is 3.58. The van der Waals surface area contributed by atoms with Gasteiger partial charge in [-0.1, -0.05) is 6.07 Å². The molecule has 0 saturated carbocycles. The second-order valence-corrected chi connectivity index (χ2v) is 2.96. The van der Waals surface area contributed by atoms with Crippen LogP contribution in [0.2, 0.25) is 0 Å². The van der Waals surface area contributed by atoms with E-state index in [4.69, 9.17) is 4.74 Å². The number of ether oxygens (including phenoxy) is 1. The number of benzene rings is 1. The highest BCUT2D eigenvalue weighted by molar-refractivity contribution is 9.10. The molecular formula is C8H6BrO3-. The highest BCUT2D eigenvalue weighted by Gasteiger charge is 2.06. The number of methoxy groups -OCH3 is 1.